The summed E-state index contributed by atoms with van der Waals surface area (Å²) in [4.78, 5) is 19.9. The van der Waals surface area contributed by atoms with Gasteiger partial charge in [0.05, 0.1) is 12.6 Å². The van der Waals surface area contributed by atoms with E-state index in [0.717, 1.165) is 19.4 Å². The van der Waals surface area contributed by atoms with Crippen LogP contribution in [0.2, 0.25) is 0 Å². The van der Waals surface area contributed by atoms with E-state index in [1.54, 1.807) is 6.20 Å². The van der Waals surface area contributed by atoms with Crippen LogP contribution in [-0.4, -0.2) is 34.3 Å². The second kappa shape index (κ2) is 3.79. The topological polar surface area (TPSA) is 69.2 Å². The summed E-state index contributed by atoms with van der Waals surface area (Å²) < 4.78 is 0. The molecular formula is C9H13N3O2. The Morgan fingerprint density at radius 3 is 3.29 bits per heavy atom. The third kappa shape index (κ3) is 1.50. The van der Waals surface area contributed by atoms with Gasteiger partial charge in [-0.15, -0.1) is 0 Å². The first-order valence-electron chi connectivity index (χ1n) is 4.74. The third-order valence-corrected chi connectivity index (χ3v) is 2.55. The molecule has 1 fully saturated rings. The van der Waals surface area contributed by atoms with Crippen molar-refractivity contribution in [3.05, 3.63) is 22.7 Å². The minimum Gasteiger partial charge on any atom is -0.394 e. The Bertz CT molecular complexity index is 363. The van der Waals surface area contributed by atoms with Gasteiger partial charge >= 0.3 is 0 Å². The summed E-state index contributed by atoms with van der Waals surface area (Å²) in [6.07, 6.45) is 4.99. The SMILES string of the molecule is O=c1[nH]ccnc1N1CCCC1CO. The van der Waals surface area contributed by atoms with Crippen molar-refractivity contribution in [2.75, 3.05) is 18.1 Å². The summed E-state index contributed by atoms with van der Waals surface area (Å²) in [6, 6.07) is 0.0472. The molecule has 1 aromatic heterocycles. The lowest BCUT2D eigenvalue weighted by Gasteiger charge is -2.22. The number of anilines is 1. The molecule has 2 rings (SSSR count). The van der Waals surface area contributed by atoms with Crippen LogP contribution in [0, 0.1) is 0 Å². The van der Waals surface area contributed by atoms with Gasteiger partial charge in [-0.05, 0) is 12.8 Å². The Balaban J connectivity index is 2.30. The Morgan fingerprint density at radius 2 is 2.57 bits per heavy atom. The lowest BCUT2D eigenvalue weighted by atomic mass is 10.2. The summed E-state index contributed by atoms with van der Waals surface area (Å²) in [6.45, 7) is 0.876. The summed E-state index contributed by atoms with van der Waals surface area (Å²) in [7, 11) is 0. The largest absolute Gasteiger partial charge is 0.394 e. The molecule has 0 radical (unpaired) electrons. The molecule has 0 aliphatic carbocycles. The van der Waals surface area contributed by atoms with E-state index < -0.39 is 0 Å². The van der Waals surface area contributed by atoms with Crippen LogP contribution >= 0.6 is 0 Å². The summed E-state index contributed by atoms with van der Waals surface area (Å²) in [5, 5.41) is 9.11. The number of hydrogen-bond donors (Lipinski definition) is 2. The number of aliphatic hydroxyl groups is 1. The standard InChI is InChI=1S/C9H13N3O2/c13-6-7-2-1-5-12(7)8-9(14)11-4-3-10-8/h3-4,7,13H,1-2,5-6H2,(H,11,14). The van der Waals surface area contributed by atoms with E-state index >= 15 is 0 Å². The molecule has 5 heteroatoms. The highest BCUT2D eigenvalue weighted by atomic mass is 16.3. The quantitative estimate of drug-likeness (QED) is 0.681. The van der Waals surface area contributed by atoms with Gasteiger partial charge in [-0.2, -0.15) is 0 Å². The zero-order valence-corrected chi connectivity index (χ0v) is 7.81. The number of nitrogens with one attached hydrogen (secondary N) is 1. The lowest BCUT2D eigenvalue weighted by molar-refractivity contribution is 0.266. The number of H-pyrrole nitrogens is 1. The minimum absolute atomic E-state index is 0.0472. The summed E-state index contributed by atoms with van der Waals surface area (Å²) in [5.41, 5.74) is -0.187. The van der Waals surface area contributed by atoms with Crippen LogP contribution in [0.5, 0.6) is 0 Å². The molecule has 1 saturated heterocycles. The monoisotopic (exact) mass is 195 g/mol. The molecule has 1 unspecified atom stereocenters. The average molecular weight is 195 g/mol. The molecule has 76 valence electrons. The maximum atomic E-state index is 11.4. The van der Waals surface area contributed by atoms with Gasteiger partial charge in [0.1, 0.15) is 0 Å². The number of nitrogens with zero attached hydrogens (tertiary/aromatic N) is 2. The zero-order chi connectivity index (χ0) is 9.97. The van der Waals surface area contributed by atoms with Crippen molar-refractivity contribution in [1.82, 2.24) is 9.97 Å². The Hall–Kier alpha value is -1.36. The fourth-order valence-corrected chi connectivity index (χ4v) is 1.85. The second-order valence-corrected chi connectivity index (χ2v) is 3.41. The first-order chi connectivity index (χ1) is 6.83. The maximum Gasteiger partial charge on any atom is 0.290 e. The highest BCUT2D eigenvalue weighted by molar-refractivity contribution is 5.38. The average Bonchev–Trinajstić information content (AvgIpc) is 2.66. The molecule has 14 heavy (non-hydrogen) atoms. The smallest absolute Gasteiger partial charge is 0.290 e. The van der Waals surface area contributed by atoms with Crippen molar-refractivity contribution in [3.8, 4) is 0 Å². The molecule has 1 aliphatic heterocycles. The molecule has 1 aromatic rings. The van der Waals surface area contributed by atoms with Crippen LogP contribution < -0.4 is 10.5 Å². The van der Waals surface area contributed by atoms with Gasteiger partial charge in [0.25, 0.3) is 5.56 Å². The molecule has 0 bridgehead atoms. The fourth-order valence-electron chi connectivity index (χ4n) is 1.85. The maximum absolute atomic E-state index is 11.4. The molecule has 0 aromatic carbocycles. The van der Waals surface area contributed by atoms with Gasteiger partial charge in [-0.3, -0.25) is 4.79 Å². The van der Waals surface area contributed by atoms with Gasteiger partial charge in [-0.1, -0.05) is 0 Å². The fraction of sp³-hybridized carbons (Fsp3) is 0.556. The van der Waals surface area contributed by atoms with Gasteiger partial charge in [0, 0.05) is 18.9 Å². The van der Waals surface area contributed by atoms with Crippen molar-refractivity contribution in [2.45, 2.75) is 18.9 Å². The van der Waals surface area contributed by atoms with Crippen LogP contribution in [0.15, 0.2) is 17.2 Å². The number of aromatic amines is 1. The third-order valence-electron chi connectivity index (χ3n) is 2.55. The van der Waals surface area contributed by atoms with E-state index in [9.17, 15) is 4.79 Å². The highest BCUT2D eigenvalue weighted by Gasteiger charge is 2.26. The van der Waals surface area contributed by atoms with Crippen molar-refractivity contribution >= 4 is 5.82 Å². The van der Waals surface area contributed by atoms with E-state index in [0.29, 0.717) is 5.82 Å². The van der Waals surface area contributed by atoms with Gasteiger partial charge in [-0.25, -0.2) is 4.98 Å². The van der Waals surface area contributed by atoms with E-state index in [4.69, 9.17) is 5.11 Å². The van der Waals surface area contributed by atoms with Crippen molar-refractivity contribution in [1.29, 1.82) is 0 Å². The van der Waals surface area contributed by atoms with Crippen LogP contribution in [0.25, 0.3) is 0 Å². The van der Waals surface area contributed by atoms with E-state index in [1.165, 1.54) is 6.20 Å². The first kappa shape index (κ1) is 9.21. The predicted octanol–water partition coefficient (Wildman–Crippen LogP) is -0.269. The lowest BCUT2D eigenvalue weighted by Crippen LogP contribution is -2.36. The summed E-state index contributed by atoms with van der Waals surface area (Å²) in [5.74, 6) is 0.420. The molecule has 2 N–H and O–H groups in total. The van der Waals surface area contributed by atoms with Crippen molar-refractivity contribution in [2.24, 2.45) is 0 Å². The number of aliphatic hydroxyl groups excluding tert-OH is 1. The van der Waals surface area contributed by atoms with Crippen molar-refractivity contribution in [3.63, 3.8) is 0 Å². The van der Waals surface area contributed by atoms with Gasteiger partial charge in [0.15, 0.2) is 5.82 Å². The Labute approximate surface area is 81.4 Å². The van der Waals surface area contributed by atoms with Crippen LogP contribution in [0.1, 0.15) is 12.8 Å². The molecule has 0 spiro atoms. The second-order valence-electron chi connectivity index (χ2n) is 3.41. The van der Waals surface area contributed by atoms with E-state index in [2.05, 4.69) is 9.97 Å². The first-order valence-corrected chi connectivity index (χ1v) is 4.74. The number of hydrogen-bond acceptors (Lipinski definition) is 4. The number of rotatable bonds is 2. The van der Waals surface area contributed by atoms with Crippen LogP contribution in [0.4, 0.5) is 5.82 Å². The van der Waals surface area contributed by atoms with E-state index in [1.807, 2.05) is 4.90 Å². The Kier molecular flexibility index (Phi) is 2.49. The van der Waals surface area contributed by atoms with Gasteiger partial charge < -0.3 is 15.0 Å². The van der Waals surface area contributed by atoms with Crippen LogP contribution in [-0.2, 0) is 0 Å². The van der Waals surface area contributed by atoms with Crippen molar-refractivity contribution < 1.29 is 5.11 Å². The molecule has 1 atom stereocenters. The van der Waals surface area contributed by atoms with E-state index in [-0.39, 0.29) is 18.2 Å². The zero-order valence-electron chi connectivity index (χ0n) is 7.81. The van der Waals surface area contributed by atoms with Gasteiger partial charge in [0.2, 0.25) is 0 Å². The molecular weight excluding hydrogens is 182 g/mol. The molecule has 0 amide bonds. The number of aromatic nitrogens is 2. The Morgan fingerprint density at radius 1 is 1.71 bits per heavy atom. The molecule has 2 heterocycles. The molecule has 1 aliphatic rings. The molecule has 5 nitrogen and oxygen atoms in total. The highest BCUT2D eigenvalue weighted by Crippen LogP contribution is 2.19. The normalized spacial score (nSPS) is 21.5. The minimum atomic E-state index is -0.187. The predicted molar refractivity (Wildman–Crippen MR) is 52.3 cm³/mol. The summed E-state index contributed by atoms with van der Waals surface area (Å²) >= 11 is 0. The molecule has 0 saturated carbocycles. The van der Waals surface area contributed by atoms with Crippen LogP contribution in [0.3, 0.4) is 0 Å².